The normalized spacial score (nSPS) is 10.5. The fourth-order valence-corrected chi connectivity index (χ4v) is 2.88. The first-order chi connectivity index (χ1) is 11.1. The standard InChI is InChI=1S/C15H10ClN3O3S/c16-12-7-9(5-6-17-12)14(21)22-8-13(20)19-15-18-10-3-1-2-4-11(10)23-15/h1-7H,8H2,(H,18,19,20). The van der Waals surface area contributed by atoms with E-state index in [2.05, 4.69) is 15.3 Å². The maximum absolute atomic E-state index is 11.8. The lowest BCUT2D eigenvalue weighted by molar-refractivity contribution is -0.119. The van der Waals surface area contributed by atoms with E-state index in [4.69, 9.17) is 16.3 Å². The number of aromatic nitrogens is 2. The molecular weight excluding hydrogens is 338 g/mol. The van der Waals surface area contributed by atoms with Gasteiger partial charge in [-0.1, -0.05) is 35.1 Å². The third-order valence-electron chi connectivity index (χ3n) is 2.84. The van der Waals surface area contributed by atoms with Crippen LogP contribution in [0.2, 0.25) is 5.15 Å². The van der Waals surface area contributed by atoms with Gasteiger partial charge in [-0.3, -0.25) is 10.1 Å². The molecule has 1 amide bonds. The Morgan fingerprint density at radius 2 is 2.09 bits per heavy atom. The largest absolute Gasteiger partial charge is 0.452 e. The van der Waals surface area contributed by atoms with Crippen LogP contribution in [0, 0.1) is 0 Å². The number of hydrogen-bond donors (Lipinski definition) is 1. The smallest absolute Gasteiger partial charge is 0.338 e. The molecule has 0 aliphatic rings. The van der Waals surface area contributed by atoms with Gasteiger partial charge in [-0.2, -0.15) is 0 Å². The molecule has 116 valence electrons. The van der Waals surface area contributed by atoms with Crippen LogP contribution in [0.25, 0.3) is 10.2 Å². The van der Waals surface area contributed by atoms with Gasteiger partial charge in [0.15, 0.2) is 11.7 Å². The third kappa shape index (κ3) is 3.82. The van der Waals surface area contributed by atoms with Crippen molar-refractivity contribution >= 4 is 50.2 Å². The highest BCUT2D eigenvalue weighted by molar-refractivity contribution is 7.22. The summed E-state index contributed by atoms with van der Waals surface area (Å²) in [6.45, 7) is -0.408. The Morgan fingerprint density at radius 1 is 1.26 bits per heavy atom. The average Bonchev–Trinajstić information content (AvgIpc) is 2.94. The molecule has 0 radical (unpaired) electrons. The Kier molecular flexibility index (Phi) is 4.50. The summed E-state index contributed by atoms with van der Waals surface area (Å²) < 4.78 is 5.89. The monoisotopic (exact) mass is 347 g/mol. The molecule has 0 fully saturated rings. The van der Waals surface area contributed by atoms with Gasteiger partial charge in [0.05, 0.1) is 15.8 Å². The highest BCUT2D eigenvalue weighted by Gasteiger charge is 2.12. The summed E-state index contributed by atoms with van der Waals surface area (Å²) in [5.74, 6) is -1.11. The summed E-state index contributed by atoms with van der Waals surface area (Å²) in [7, 11) is 0. The van der Waals surface area contributed by atoms with Gasteiger partial charge in [-0.05, 0) is 24.3 Å². The molecule has 23 heavy (non-hydrogen) atoms. The number of carbonyl (C=O) groups excluding carboxylic acids is 2. The van der Waals surface area contributed by atoms with Crippen molar-refractivity contribution in [2.24, 2.45) is 0 Å². The third-order valence-corrected chi connectivity index (χ3v) is 4.00. The average molecular weight is 348 g/mol. The molecule has 3 rings (SSSR count). The van der Waals surface area contributed by atoms with E-state index in [1.54, 1.807) is 0 Å². The van der Waals surface area contributed by atoms with Crippen molar-refractivity contribution in [1.82, 2.24) is 9.97 Å². The number of pyridine rings is 1. The second kappa shape index (κ2) is 6.72. The number of anilines is 1. The van der Waals surface area contributed by atoms with E-state index in [-0.39, 0.29) is 10.7 Å². The molecule has 3 aromatic rings. The minimum absolute atomic E-state index is 0.179. The molecule has 1 N–H and O–H groups in total. The van der Waals surface area contributed by atoms with Crippen LogP contribution in [0.1, 0.15) is 10.4 Å². The highest BCUT2D eigenvalue weighted by Crippen LogP contribution is 2.25. The Balaban J connectivity index is 1.58. The number of nitrogens with one attached hydrogen (secondary N) is 1. The number of amides is 1. The predicted molar refractivity (Wildman–Crippen MR) is 87.8 cm³/mol. The van der Waals surface area contributed by atoms with Crippen LogP contribution in [0.15, 0.2) is 42.6 Å². The van der Waals surface area contributed by atoms with Crippen molar-refractivity contribution in [3.8, 4) is 0 Å². The lowest BCUT2D eigenvalue weighted by atomic mass is 10.3. The van der Waals surface area contributed by atoms with Crippen molar-refractivity contribution < 1.29 is 14.3 Å². The molecule has 6 nitrogen and oxygen atoms in total. The lowest BCUT2D eigenvalue weighted by Crippen LogP contribution is -2.20. The fraction of sp³-hybridized carbons (Fsp3) is 0.0667. The number of para-hydroxylation sites is 1. The minimum atomic E-state index is -0.645. The molecule has 0 spiro atoms. The molecule has 0 atom stereocenters. The van der Waals surface area contributed by atoms with E-state index >= 15 is 0 Å². The van der Waals surface area contributed by atoms with E-state index in [0.29, 0.717) is 5.13 Å². The zero-order valence-corrected chi connectivity index (χ0v) is 13.2. The molecule has 8 heteroatoms. The van der Waals surface area contributed by atoms with Gasteiger partial charge in [0.25, 0.3) is 5.91 Å². The zero-order valence-electron chi connectivity index (χ0n) is 11.7. The fourth-order valence-electron chi connectivity index (χ4n) is 1.82. The second-order valence-electron chi connectivity index (χ2n) is 4.48. The number of fused-ring (bicyclic) bond motifs is 1. The number of thiazole rings is 1. The topological polar surface area (TPSA) is 81.2 Å². The van der Waals surface area contributed by atoms with Crippen LogP contribution in [0.4, 0.5) is 5.13 Å². The zero-order chi connectivity index (χ0) is 16.2. The van der Waals surface area contributed by atoms with Gasteiger partial charge in [0.2, 0.25) is 0 Å². The minimum Gasteiger partial charge on any atom is -0.452 e. The van der Waals surface area contributed by atoms with E-state index in [0.717, 1.165) is 10.2 Å². The van der Waals surface area contributed by atoms with Crippen LogP contribution in [-0.4, -0.2) is 28.5 Å². The van der Waals surface area contributed by atoms with E-state index in [9.17, 15) is 9.59 Å². The van der Waals surface area contributed by atoms with Crippen LogP contribution in [0.5, 0.6) is 0 Å². The van der Waals surface area contributed by atoms with Crippen LogP contribution in [0.3, 0.4) is 0 Å². The summed E-state index contributed by atoms with van der Waals surface area (Å²) in [6, 6.07) is 10.4. The number of halogens is 1. The molecule has 0 aliphatic heterocycles. The first-order valence-corrected chi connectivity index (χ1v) is 7.75. The quantitative estimate of drug-likeness (QED) is 0.579. The number of benzene rings is 1. The number of ether oxygens (including phenoxy) is 1. The Labute approximate surface area is 140 Å². The summed E-state index contributed by atoms with van der Waals surface area (Å²) >= 11 is 7.04. The summed E-state index contributed by atoms with van der Waals surface area (Å²) in [4.78, 5) is 31.7. The van der Waals surface area contributed by atoms with Gasteiger partial charge >= 0.3 is 5.97 Å². The number of carbonyl (C=O) groups is 2. The maximum Gasteiger partial charge on any atom is 0.338 e. The Bertz CT molecular complexity index is 848. The van der Waals surface area contributed by atoms with Crippen LogP contribution < -0.4 is 5.32 Å². The maximum atomic E-state index is 11.8. The summed E-state index contributed by atoms with van der Waals surface area (Å²) in [6.07, 6.45) is 1.39. The SMILES string of the molecule is O=C(COC(=O)c1ccnc(Cl)c1)Nc1nc2ccccc2s1. The molecule has 0 bridgehead atoms. The first-order valence-electron chi connectivity index (χ1n) is 6.56. The molecular formula is C15H10ClN3O3S. The molecule has 0 unspecified atom stereocenters. The van der Waals surface area contributed by atoms with E-state index < -0.39 is 18.5 Å². The van der Waals surface area contributed by atoms with Crippen molar-refractivity contribution in [3.63, 3.8) is 0 Å². The second-order valence-corrected chi connectivity index (χ2v) is 5.90. The van der Waals surface area contributed by atoms with Crippen molar-refractivity contribution in [1.29, 1.82) is 0 Å². The number of nitrogens with zero attached hydrogens (tertiary/aromatic N) is 2. The molecule has 2 heterocycles. The first kappa shape index (κ1) is 15.4. The van der Waals surface area contributed by atoms with Gasteiger partial charge in [-0.25, -0.2) is 14.8 Å². The van der Waals surface area contributed by atoms with Crippen molar-refractivity contribution in [2.45, 2.75) is 0 Å². The van der Waals surface area contributed by atoms with Gasteiger partial charge < -0.3 is 4.74 Å². The molecule has 2 aromatic heterocycles. The van der Waals surface area contributed by atoms with Gasteiger partial charge in [-0.15, -0.1) is 0 Å². The lowest BCUT2D eigenvalue weighted by Gasteiger charge is -2.04. The Hall–Kier alpha value is -2.51. The van der Waals surface area contributed by atoms with Crippen molar-refractivity contribution in [3.05, 3.63) is 53.3 Å². The van der Waals surface area contributed by atoms with Gasteiger partial charge in [0.1, 0.15) is 5.15 Å². The van der Waals surface area contributed by atoms with E-state index in [1.807, 2.05) is 24.3 Å². The van der Waals surface area contributed by atoms with Crippen LogP contribution in [-0.2, 0) is 9.53 Å². The van der Waals surface area contributed by atoms with Crippen molar-refractivity contribution in [2.75, 3.05) is 11.9 Å². The number of hydrogen-bond acceptors (Lipinski definition) is 6. The highest BCUT2D eigenvalue weighted by atomic mass is 35.5. The van der Waals surface area contributed by atoms with Gasteiger partial charge in [0, 0.05) is 6.20 Å². The number of rotatable bonds is 4. The summed E-state index contributed by atoms with van der Waals surface area (Å²) in [5, 5.41) is 3.24. The Morgan fingerprint density at radius 3 is 2.87 bits per heavy atom. The number of esters is 1. The molecule has 0 aliphatic carbocycles. The molecule has 0 saturated heterocycles. The van der Waals surface area contributed by atoms with Crippen LogP contribution >= 0.6 is 22.9 Å². The molecule has 1 aromatic carbocycles. The predicted octanol–water partition coefficient (Wildman–Crippen LogP) is 3.14. The summed E-state index contributed by atoms with van der Waals surface area (Å²) in [5.41, 5.74) is 1.04. The molecule has 0 saturated carbocycles. The van der Waals surface area contributed by atoms with E-state index in [1.165, 1.54) is 29.7 Å².